The van der Waals surface area contributed by atoms with Crippen LogP contribution in [0, 0.1) is 10.1 Å². The van der Waals surface area contributed by atoms with E-state index >= 15 is 0 Å². The lowest BCUT2D eigenvalue weighted by molar-refractivity contribution is -0.384. The van der Waals surface area contributed by atoms with Crippen LogP contribution in [0.5, 0.6) is 0 Å². The molecule has 0 spiro atoms. The van der Waals surface area contributed by atoms with Crippen molar-refractivity contribution in [1.29, 1.82) is 0 Å². The summed E-state index contributed by atoms with van der Waals surface area (Å²) in [5.74, 6) is 0. The molecule has 2 aromatic rings. The van der Waals surface area contributed by atoms with Gasteiger partial charge >= 0.3 is 0 Å². The number of hydrogen-bond donors (Lipinski definition) is 1. The molecule has 17 heavy (non-hydrogen) atoms. The van der Waals surface area contributed by atoms with Crippen molar-refractivity contribution >= 4 is 11.4 Å². The molecule has 0 radical (unpaired) electrons. The van der Waals surface area contributed by atoms with Crippen LogP contribution in [0.1, 0.15) is 0 Å². The van der Waals surface area contributed by atoms with Crippen LogP contribution >= 0.6 is 0 Å². The molecule has 0 bridgehead atoms. The van der Waals surface area contributed by atoms with Crippen molar-refractivity contribution < 1.29 is 4.92 Å². The van der Waals surface area contributed by atoms with Gasteiger partial charge in [-0.1, -0.05) is 36.4 Å². The molecule has 0 saturated heterocycles. The summed E-state index contributed by atoms with van der Waals surface area (Å²) in [7, 11) is 1.91. The molecule has 0 fully saturated rings. The van der Waals surface area contributed by atoms with Crippen LogP contribution in [0.3, 0.4) is 0 Å². The third kappa shape index (κ3) is 4.79. The van der Waals surface area contributed by atoms with Crippen molar-refractivity contribution in [2.75, 3.05) is 12.4 Å². The van der Waals surface area contributed by atoms with E-state index < -0.39 is 4.92 Å². The molecule has 0 aliphatic rings. The highest BCUT2D eigenvalue weighted by Gasteiger charge is 1.98. The van der Waals surface area contributed by atoms with Crippen molar-refractivity contribution in [2.45, 2.75) is 0 Å². The number of para-hydroxylation sites is 2. The van der Waals surface area contributed by atoms with Gasteiger partial charge in [-0.3, -0.25) is 10.1 Å². The molecule has 0 amide bonds. The zero-order valence-corrected chi connectivity index (χ0v) is 9.54. The standard InChI is InChI=1S/C7H9N.C6H5NO2/c1-8-7-5-3-2-4-6-7;8-7(9)6-4-2-1-3-5-6/h2-6,8H,1H3;1-5H. The lowest BCUT2D eigenvalue weighted by Gasteiger charge is -1.94. The van der Waals surface area contributed by atoms with Gasteiger partial charge < -0.3 is 5.32 Å². The molecule has 0 atom stereocenters. The number of anilines is 1. The largest absolute Gasteiger partial charge is 0.388 e. The van der Waals surface area contributed by atoms with Gasteiger partial charge in [0.25, 0.3) is 5.69 Å². The van der Waals surface area contributed by atoms with E-state index in [-0.39, 0.29) is 5.69 Å². The first-order valence-corrected chi connectivity index (χ1v) is 5.16. The van der Waals surface area contributed by atoms with Crippen LogP contribution in [0.2, 0.25) is 0 Å². The van der Waals surface area contributed by atoms with Crippen LogP contribution < -0.4 is 5.32 Å². The molecule has 0 unspecified atom stereocenters. The number of non-ortho nitro benzene ring substituents is 1. The van der Waals surface area contributed by atoms with Crippen LogP contribution in [0.15, 0.2) is 60.7 Å². The van der Waals surface area contributed by atoms with Crippen LogP contribution in [-0.2, 0) is 0 Å². The summed E-state index contributed by atoms with van der Waals surface area (Å²) in [4.78, 5) is 9.59. The fourth-order valence-corrected chi connectivity index (χ4v) is 1.15. The van der Waals surface area contributed by atoms with Crippen LogP contribution in [-0.4, -0.2) is 12.0 Å². The molecule has 4 heteroatoms. The van der Waals surface area contributed by atoms with Crippen molar-refractivity contribution in [2.24, 2.45) is 0 Å². The first-order valence-electron chi connectivity index (χ1n) is 5.16. The summed E-state index contributed by atoms with van der Waals surface area (Å²) in [5, 5.41) is 13.0. The molecule has 0 aliphatic heterocycles. The van der Waals surface area contributed by atoms with Crippen molar-refractivity contribution in [3.8, 4) is 0 Å². The highest BCUT2D eigenvalue weighted by Crippen LogP contribution is 2.06. The van der Waals surface area contributed by atoms with Crippen molar-refractivity contribution in [3.05, 3.63) is 70.8 Å². The molecule has 88 valence electrons. The van der Waals surface area contributed by atoms with E-state index in [1.54, 1.807) is 18.2 Å². The van der Waals surface area contributed by atoms with Gasteiger partial charge in [-0.2, -0.15) is 0 Å². The highest BCUT2D eigenvalue weighted by molar-refractivity contribution is 5.41. The minimum atomic E-state index is -0.417. The molecular formula is C13H14N2O2. The minimum absolute atomic E-state index is 0.137. The number of nitrogens with zero attached hydrogens (tertiary/aromatic N) is 1. The fourth-order valence-electron chi connectivity index (χ4n) is 1.15. The Kier molecular flexibility index (Phi) is 5.24. The number of nitrogens with one attached hydrogen (secondary N) is 1. The predicted octanol–water partition coefficient (Wildman–Crippen LogP) is 3.32. The van der Waals surface area contributed by atoms with Gasteiger partial charge in [-0.25, -0.2) is 0 Å². The van der Waals surface area contributed by atoms with E-state index in [0.29, 0.717) is 0 Å². The Morgan fingerprint density at radius 1 is 0.941 bits per heavy atom. The van der Waals surface area contributed by atoms with E-state index in [1.165, 1.54) is 12.1 Å². The van der Waals surface area contributed by atoms with Gasteiger partial charge in [-0.05, 0) is 12.1 Å². The van der Waals surface area contributed by atoms with E-state index in [0.717, 1.165) is 5.69 Å². The maximum absolute atomic E-state index is 10.0. The van der Waals surface area contributed by atoms with Gasteiger partial charge in [0.1, 0.15) is 0 Å². The molecule has 2 rings (SSSR count). The number of nitro groups is 1. The van der Waals surface area contributed by atoms with Gasteiger partial charge in [0.15, 0.2) is 0 Å². The lowest BCUT2D eigenvalue weighted by atomic mass is 10.3. The summed E-state index contributed by atoms with van der Waals surface area (Å²) in [6.45, 7) is 0. The van der Waals surface area contributed by atoms with Gasteiger partial charge in [0.05, 0.1) is 4.92 Å². The first-order chi connectivity index (χ1) is 8.24. The van der Waals surface area contributed by atoms with E-state index in [2.05, 4.69) is 5.32 Å². The number of hydrogen-bond acceptors (Lipinski definition) is 3. The summed E-state index contributed by atoms with van der Waals surface area (Å²) >= 11 is 0. The molecule has 2 aromatic carbocycles. The van der Waals surface area contributed by atoms with Crippen molar-refractivity contribution in [1.82, 2.24) is 0 Å². The Labute approximate surface area is 100 Å². The third-order valence-corrected chi connectivity index (χ3v) is 2.03. The monoisotopic (exact) mass is 230 g/mol. The summed E-state index contributed by atoms with van der Waals surface area (Å²) in [6, 6.07) is 18.0. The average molecular weight is 230 g/mol. The summed E-state index contributed by atoms with van der Waals surface area (Å²) < 4.78 is 0. The summed E-state index contributed by atoms with van der Waals surface area (Å²) in [5.41, 5.74) is 1.30. The van der Waals surface area contributed by atoms with E-state index in [4.69, 9.17) is 0 Å². The molecule has 0 saturated carbocycles. The fraction of sp³-hybridized carbons (Fsp3) is 0.0769. The predicted molar refractivity (Wildman–Crippen MR) is 69.1 cm³/mol. The second-order valence-corrected chi connectivity index (χ2v) is 3.21. The first kappa shape index (κ1) is 12.7. The Hall–Kier alpha value is -2.36. The number of rotatable bonds is 2. The summed E-state index contributed by atoms with van der Waals surface area (Å²) in [6.07, 6.45) is 0. The Morgan fingerprint density at radius 3 is 1.71 bits per heavy atom. The molecule has 0 aliphatic carbocycles. The molecule has 1 N–H and O–H groups in total. The number of benzene rings is 2. The second-order valence-electron chi connectivity index (χ2n) is 3.21. The Morgan fingerprint density at radius 2 is 1.41 bits per heavy atom. The maximum atomic E-state index is 10.0. The number of nitro benzene ring substituents is 1. The molecule has 0 heterocycles. The van der Waals surface area contributed by atoms with Crippen LogP contribution in [0.4, 0.5) is 11.4 Å². The second kappa shape index (κ2) is 7.00. The molecule has 4 nitrogen and oxygen atoms in total. The van der Waals surface area contributed by atoms with Gasteiger partial charge in [0, 0.05) is 24.9 Å². The van der Waals surface area contributed by atoms with Gasteiger partial charge in [0.2, 0.25) is 0 Å². The van der Waals surface area contributed by atoms with E-state index in [1.807, 2.05) is 37.4 Å². The average Bonchev–Trinajstić information content (AvgIpc) is 2.41. The topological polar surface area (TPSA) is 55.2 Å². The van der Waals surface area contributed by atoms with Crippen molar-refractivity contribution in [3.63, 3.8) is 0 Å². The molecular weight excluding hydrogens is 216 g/mol. The zero-order chi connectivity index (χ0) is 12.5. The third-order valence-electron chi connectivity index (χ3n) is 2.03. The Balaban J connectivity index is 0.000000171. The van der Waals surface area contributed by atoms with Crippen LogP contribution in [0.25, 0.3) is 0 Å². The SMILES string of the molecule is CNc1ccccc1.O=[N+]([O-])c1ccccc1. The smallest absolute Gasteiger partial charge is 0.269 e. The lowest BCUT2D eigenvalue weighted by Crippen LogP contribution is -1.84. The quantitative estimate of drug-likeness (QED) is 0.636. The highest BCUT2D eigenvalue weighted by atomic mass is 16.6. The maximum Gasteiger partial charge on any atom is 0.269 e. The minimum Gasteiger partial charge on any atom is -0.388 e. The zero-order valence-electron chi connectivity index (χ0n) is 9.54. The van der Waals surface area contributed by atoms with E-state index in [9.17, 15) is 10.1 Å². The Bertz CT molecular complexity index is 443. The van der Waals surface area contributed by atoms with Gasteiger partial charge in [-0.15, -0.1) is 0 Å². The normalized spacial score (nSPS) is 8.76. The molecule has 0 aromatic heterocycles.